The van der Waals surface area contributed by atoms with Crippen LogP contribution in [-0.2, 0) is 6.42 Å². The van der Waals surface area contributed by atoms with Crippen LogP contribution in [0.3, 0.4) is 0 Å². The zero-order chi connectivity index (χ0) is 14.0. The van der Waals surface area contributed by atoms with Crippen LogP contribution in [0.2, 0.25) is 5.02 Å². The second-order valence-corrected chi connectivity index (χ2v) is 4.63. The molecule has 0 aliphatic rings. The van der Waals surface area contributed by atoms with Gasteiger partial charge in [0.1, 0.15) is 17.5 Å². The van der Waals surface area contributed by atoms with Crippen molar-refractivity contribution in [2.75, 3.05) is 12.4 Å². The first-order valence-corrected chi connectivity index (χ1v) is 6.45. The van der Waals surface area contributed by atoms with E-state index < -0.39 is 0 Å². The molecule has 1 aromatic carbocycles. The molecule has 1 N–H and O–H groups in total. The van der Waals surface area contributed by atoms with Crippen LogP contribution in [-0.4, -0.2) is 17.0 Å². The molecular weight excluding hydrogens is 265 g/mol. The molecule has 0 atom stereocenters. The smallest absolute Gasteiger partial charge is 0.134 e. The van der Waals surface area contributed by atoms with Gasteiger partial charge in [-0.1, -0.05) is 18.5 Å². The summed E-state index contributed by atoms with van der Waals surface area (Å²) in [5.41, 5.74) is 1.86. The fraction of sp³-hybridized carbons (Fsp3) is 0.286. The van der Waals surface area contributed by atoms with Crippen molar-refractivity contribution in [3.05, 3.63) is 40.4 Å². The van der Waals surface area contributed by atoms with Gasteiger partial charge in [0, 0.05) is 29.6 Å². The van der Waals surface area contributed by atoms with E-state index in [1.165, 1.54) is 6.07 Å². The van der Waals surface area contributed by atoms with Gasteiger partial charge in [0.15, 0.2) is 0 Å². The average Bonchev–Trinajstić information content (AvgIpc) is 2.40. The highest BCUT2D eigenvalue weighted by molar-refractivity contribution is 6.30. The van der Waals surface area contributed by atoms with Crippen LogP contribution in [0.15, 0.2) is 18.2 Å². The average molecular weight is 280 g/mol. The maximum atomic E-state index is 14.0. The monoisotopic (exact) mass is 279 g/mol. The van der Waals surface area contributed by atoms with Crippen LogP contribution in [0, 0.1) is 12.7 Å². The fourth-order valence-corrected chi connectivity index (χ4v) is 2.07. The van der Waals surface area contributed by atoms with E-state index in [0.717, 1.165) is 11.4 Å². The minimum Gasteiger partial charge on any atom is -0.373 e. The highest BCUT2D eigenvalue weighted by Crippen LogP contribution is 2.29. The molecule has 0 bridgehead atoms. The predicted octanol–water partition coefficient (Wildman–Crippen LogP) is 3.85. The third kappa shape index (κ3) is 2.68. The van der Waals surface area contributed by atoms with Crippen LogP contribution in [0.4, 0.5) is 10.2 Å². The summed E-state index contributed by atoms with van der Waals surface area (Å²) in [6.07, 6.45) is 0.692. The van der Waals surface area contributed by atoms with E-state index in [1.807, 2.05) is 13.8 Å². The van der Waals surface area contributed by atoms with Crippen molar-refractivity contribution in [3.63, 3.8) is 0 Å². The normalized spacial score (nSPS) is 10.6. The summed E-state index contributed by atoms with van der Waals surface area (Å²) in [7, 11) is 1.79. The molecule has 0 unspecified atom stereocenters. The van der Waals surface area contributed by atoms with E-state index >= 15 is 0 Å². The number of hydrogen-bond acceptors (Lipinski definition) is 3. The summed E-state index contributed by atoms with van der Waals surface area (Å²) in [6, 6.07) is 4.60. The molecule has 2 aromatic rings. The molecule has 0 amide bonds. The largest absolute Gasteiger partial charge is 0.373 e. The molecule has 0 saturated carbocycles. The number of nitrogens with zero attached hydrogens (tertiary/aromatic N) is 2. The maximum Gasteiger partial charge on any atom is 0.134 e. The first-order chi connectivity index (χ1) is 9.06. The summed E-state index contributed by atoms with van der Waals surface area (Å²) in [5.74, 6) is 1.02. The van der Waals surface area contributed by atoms with Gasteiger partial charge in [0.05, 0.1) is 5.69 Å². The summed E-state index contributed by atoms with van der Waals surface area (Å²) < 4.78 is 14.0. The highest BCUT2D eigenvalue weighted by Gasteiger charge is 2.14. The number of benzene rings is 1. The van der Waals surface area contributed by atoms with Crippen LogP contribution >= 0.6 is 11.6 Å². The van der Waals surface area contributed by atoms with Crippen molar-refractivity contribution in [3.8, 4) is 11.3 Å². The van der Waals surface area contributed by atoms with Crippen LogP contribution in [0.5, 0.6) is 0 Å². The van der Waals surface area contributed by atoms with E-state index in [9.17, 15) is 4.39 Å². The molecule has 0 spiro atoms. The first-order valence-electron chi connectivity index (χ1n) is 6.07. The summed E-state index contributed by atoms with van der Waals surface area (Å²) >= 11 is 5.78. The quantitative estimate of drug-likeness (QED) is 0.927. The van der Waals surface area contributed by atoms with Crippen molar-refractivity contribution >= 4 is 17.4 Å². The number of anilines is 1. The standard InChI is InChI=1S/C14H15ClFN3/c1-4-12-18-13(8(2)14(17-3)19-12)10-6-5-9(15)7-11(10)16/h5-7H,4H2,1-3H3,(H,17,18,19). The highest BCUT2D eigenvalue weighted by atomic mass is 35.5. The van der Waals surface area contributed by atoms with Gasteiger partial charge in [-0.25, -0.2) is 14.4 Å². The lowest BCUT2D eigenvalue weighted by Crippen LogP contribution is -2.05. The maximum absolute atomic E-state index is 14.0. The van der Waals surface area contributed by atoms with Gasteiger partial charge in [-0.15, -0.1) is 0 Å². The number of halogens is 2. The summed E-state index contributed by atoms with van der Waals surface area (Å²) in [4.78, 5) is 8.80. The van der Waals surface area contributed by atoms with Crippen molar-refractivity contribution in [2.24, 2.45) is 0 Å². The second-order valence-electron chi connectivity index (χ2n) is 4.19. The van der Waals surface area contributed by atoms with Gasteiger partial charge < -0.3 is 5.32 Å². The lowest BCUT2D eigenvalue weighted by atomic mass is 10.1. The fourth-order valence-electron chi connectivity index (χ4n) is 1.91. The van der Waals surface area contributed by atoms with Gasteiger partial charge in [-0.2, -0.15) is 0 Å². The molecule has 3 nitrogen and oxygen atoms in total. The molecule has 0 aliphatic heterocycles. The van der Waals surface area contributed by atoms with Gasteiger partial charge in [0.25, 0.3) is 0 Å². The third-order valence-corrected chi connectivity index (χ3v) is 3.17. The zero-order valence-electron chi connectivity index (χ0n) is 11.1. The molecule has 19 heavy (non-hydrogen) atoms. The Morgan fingerprint density at radius 1 is 1.32 bits per heavy atom. The minimum absolute atomic E-state index is 0.373. The first kappa shape index (κ1) is 13.7. The summed E-state index contributed by atoms with van der Waals surface area (Å²) in [6.45, 7) is 3.83. The number of nitrogens with one attached hydrogen (secondary N) is 1. The zero-order valence-corrected chi connectivity index (χ0v) is 11.8. The summed E-state index contributed by atoms with van der Waals surface area (Å²) in [5, 5.41) is 3.38. The molecule has 0 saturated heterocycles. The topological polar surface area (TPSA) is 37.8 Å². The predicted molar refractivity (Wildman–Crippen MR) is 76.1 cm³/mol. The Kier molecular flexibility index (Phi) is 4.00. The molecule has 0 aliphatic carbocycles. The van der Waals surface area contributed by atoms with E-state index in [2.05, 4.69) is 15.3 Å². The van der Waals surface area contributed by atoms with Crippen LogP contribution < -0.4 is 5.32 Å². The molecule has 0 radical (unpaired) electrons. The Morgan fingerprint density at radius 2 is 2.05 bits per heavy atom. The van der Waals surface area contributed by atoms with Gasteiger partial charge in [-0.3, -0.25) is 0 Å². The van der Waals surface area contributed by atoms with E-state index in [4.69, 9.17) is 11.6 Å². The van der Waals surface area contributed by atoms with Crippen molar-refractivity contribution in [1.82, 2.24) is 9.97 Å². The molecule has 5 heteroatoms. The number of rotatable bonds is 3. The number of hydrogen-bond donors (Lipinski definition) is 1. The Morgan fingerprint density at radius 3 is 2.63 bits per heavy atom. The van der Waals surface area contributed by atoms with Gasteiger partial charge >= 0.3 is 0 Å². The molecule has 1 heterocycles. The lowest BCUT2D eigenvalue weighted by Gasteiger charge is -2.12. The molecular formula is C14H15ClFN3. The third-order valence-electron chi connectivity index (χ3n) is 2.93. The van der Waals surface area contributed by atoms with Crippen molar-refractivity contribution in [2.45, 2.75) is 20.3 Å². The SMILES string of the molecule is CCc1nc(NC)c(C)c(-c2ccc(Cl)cc2F)n1. The van der Waals surface area contributed by atoms with Gasteiger partial charge in [0.2, 0.25) is 0 Å². The number of aromatic nitrogens is 2. The minimum atomic E-state index is -0.376. The Hall–Kier alpha value is -1.68. The lowest BCUT2D eigenvalue weighted by molar-refractivity contribution is 0.630. The Bertz CT molecular complexity index is 614. The molecule has 100 valence electrons. The van der Waals surface area contributed by atoms with Crippen LogP contribution in [0.25, 0.3) is 11.3 Å². The van der Waals surface area contributed by atoms with Crippen molar-refractivity contribution < 1.29 is 4.39 Å². The van der Waals surface area contributed by atoms with E-state index in [-0.39, 0.29) is 5.82 Å². The number of aryl methyl sites for hydroxylation is 1. The van der Waals surface area contributed by atoms with Crippen molar-refractivity contribution in [1.29, 1.82) is 0 Å². The van der Waals surface area contributed by atoms with Gasteiger partial charge in [-0.05, 0) is 25.1 Å². The Balaban J connectivity index is 2.66. The molecule has 2 rings (SSSR count). The van der Waals surface area contributed by atoms with E-state index in [1.54, 1.807) is 19.2 Å². The van der Waals surface area contributed by atoms with E-state index in [0.29, 0.717) is 28.5 Å². The Labute approximate surface area is 116 Å². The molecule has 0 fully saturated rings. The second kappa shape index (κ2) is 5.53. The van der Waals surface area contributed by atoms with Crippen LogP contribution in [0.1, 0.15) is 18.3 Å². The molecule has 1 aromatic heterocycles.